The lowest BCUT2D eigenvalue weighted by Gasteiger charge is -2.09. The van der Waals surface area contributed by atoms with Crippen LogP contribution in [0.25, 0.3) is 6.08 Å². The van der Waals surface area contributed by atoms with Gasteiger partial charge < -0.3 is 19.2 Å². The number of benzene rings is 1. The molecule has 2 heterocycles. The van der Waals surface area contributed by atoms with E-state index in [0.717, 1.165) is 4.90 Å². The monoisotopic (exact) mass is 459 g/mol. The maximum Gasteiger partial charge on any atom is 0.373 e. The zero-order valence-corrected chi connectivity index (χ0v) is 16.7. The number of hydrogen-bond acceptors (Lipinski definition) is 7. The van der Waals surface area contributed by atoms with Crippen LogP contribution < -0.4 is 10.1 Å². The number of hydrogen-bond donors (Lipinski definition) is 1. The zero-order valence-electron chi connectivity index (χ0n) is 15.1. The molecule has 0 atom stereocenters. The van der Waals surface area contributed by atoms with Gasteiger partial charge >= 0.3 is 12.0 Å². The number of nitrogens with one attached hydrogen (secondary N) is 1. The second-order valence-corrected chi connectivity index (χ2v) is 6.63. The third-order valence-corrected chi connectivity index (χ3v) is 4.50. The molecule has 1 aromatic heterocycles. The fraction of sp³-hybridized carbons (Fsp3) is 0.158. The summed E-state index contributed by atoms with van der Waals surface area (Å²) in [5, 5.41) is 11.1. The molecule has 148 valence electrons. The predicted molar refractivity (Wildman–Crippen MR) is 102 cm³/mol. The van der Waals surface area contributed by atoms with E-state index in [1.54, 1.807) is 18.2 Å². The van der Waals surface area contributed by atoms with Gasteiger partial charge in [-0.15, -0.1) is 0 Å². The van der Waals surface area contributed by atoms with Crippen LogP contribution in [-0.2, 0) is 16.1 Å². The molecule has 0 aliphatic carbocycles. The van der Waals surface area contributed by atoms with Gasteiger partial charge in [0.25, 0.3) is 5.91 Å². The van der Waals surface area contributed by atoms with E-state index in [2.05, 4.69) is 26.0 Å². The van der Waals surface area contributed by atoms with E-state index in [1.807, 2.05) is 6.07 Å². The van der Waals surface area contributed by atoms with E-state index in [4.69, 9.17) is 14.4 Å². The fourth-order valence-corrected chi connectivity index (χ4v) is 3.06. The van der Waals surface area contributed by atoms with Crippen LogP contribution in [-0.4, -0.2) is 36.5 Å². The van der Waals surface area contributed by atoms with Crippen LogP contribution in [0.1, 0.15) is 21.9 Å². The van der Waals surface area contributed by atoms with Gasteiger partial charge in [-0.1, -0.05) is 6.07 Å². The van der Waals surface area contributed by atoms with E-state index < -0.39 is 17.9 Å². The first-order chi connectivity index (χ1) is 13.9. The lowest BCUT2D eigenvalue weighted by atomic mass is 10.2. The molecule has 1 saturated heterocycles. The molecule has 3 amide bonds. The first kappa shape index (κ1) is 20.2. The number of imide groups is 1. The summed E-state index contributed by atoms with van der Waals surface area (Å²) in [5.74, 6) is -0.462. The van der Waals surface area contributed by atoms with Gasteiger partial charge in [0.1, 0.15) is 23.3 Å². The summed E-state index contributed by atoms with van der Waals surface area (Å²) in [7, 11) is 1.22. The molecular weight excluding hydrogens is 446 g/mol. The van der Waals surface area contributed by atoms with Gasteiger partial charge in [0.05, 0.1) is 18.1 Å². The minimum Gasteiger partial charge on any atom is -0.478 e. The summed E-state index contributed by atoms with van der Waals surface area (Å²) < 4.78 is 15.7. The summed E-state index contributed by atoms with van der Waals surface area (Å²) >= 11 is 3.33. The first-order valence-corrected chi connectivity index (χ1v) is 9.03. The molecule has 0 radical (unpaired) electrons. The van der Waals surface area contributed by atoms with Crippen molar-refractivity contribution in [2.45, 2.75) is 6.54 Å². The maximum atomic E-state index is 12.6. The molecule has 1 fully saturated rings. The number of amides is 3. The average molecular weight is 460 g/mol. The van der Waals surface area contributed by atoms with Crippen molar-refractivity contribution in [2.24, 2.45) is 0 Å². The lowest BCUT2D eigenvalue weighted by molar-refractivity contribution is -0.123. The molecule has 0 saturated carbocycles. The minimum atomic E-state index is -0.651. The highest BCUT2D eigenvalue weighted by Crippen LogP contribution is 2.27. The van der Waals surface area contributed by atoms with E-state index in [-0.39, 0.29) is 30.4 Å². The summed E-state index contributed by atoms with van der Waals surface area (Å²) in [6.45, 7) is -0.226. The number of rotatable bonds is 6. The average Bonchev–Trinajstić information content (AvgIpc) is 3.27. The SMILES string of the molecule is COC(=O)c1ccc(CN2C(=O)NC(=Cc3ccc(OCC#N)c(Br)c3)C2=O)o1. The number of nitriles is 1. The molecule has 29 heavy (non-hydrogen) atoms. The molecule has 10 heteroatoms. The quantitative estimate of drug-likeness (QED) is 0.400. The third-order valence-electron chi connectivity index (χ3n) is 3.88. The van der Waals surface area contributed by atoms with Crippen molar-refractivity contribution in [1.82, 2.24) is 10.2 Å². The number of methoxy groups -OCH3 is 1. The van der Waals surface area contributed by atoms with Crippen LogP contribution in [0.3, 0.4) is 0 Å². The van der Waals surface area contributed by atoms with Gasteiger partial charge in [0.15, 0.2) is 6.61 Å². The highest BCUT2D eigenvalue weighted by molar-refractivity contribution is 9.10. The van der Waals surface area contributed by atoms with Crippen LogP contribution in [0.2, 0.25) is 0 Å². The van der Waals surface area contributed by atoms with Gasteiger partial charge in [-0.3, -0.25) is 9.69 Å². The van der Waals surface area contributed by atoms with E-state index >= 15 is 0 Å². The van der Waals surface area contributed by atoms with E-state index in [0.29, 0.717) is 15.8 Å². The molecule has 1 N–H and O–H groups in total. The molecule has 3 rings (SSSR count). The van der Waals surface area contributed by atoms with Crippen molar-refractivity contribution < 1.29 is 28.3 Å². The Labute approximate surface area is 173 Å². The van der Waals surface area contributed by atoms with Crippen molar-refractivity contribution in [3.05, 3.63) is 57.6 Å². The van der Waals surface area contributed by atoms with Crippen LogP contribution >= 0.6 is 15.9 Å². The largest absolute Gasteiger partial charge is 0.478 e. The highest BCUT2D eigenvalue weighted by Gasteiger charge is 2.34. The maximum absolute atomic E-state index is 12.6. The standard InChI is InChI=1S/C19H14BrN3O6/c1-27-18(25)16-5-3-12(29-16)10-23-17(24)14(22-19(23)26)9-11-2-4-15(13(20)8-11)28-7-6-21/h2-5,8-9H,7,10H2,1H3,(H,22,26). The van der Waals surface area contributed by atoms with Crippen LogP contribution in [0, 0.1) is 11.3 Å². The topological polar surface area (TPSA) is 122 Å². The third kappa shape index (κ3) is 4.47. The summed E-state index contributed by atoms with van der Waals surface area (Å²) in [4.78, 5) is 37.2. The molecule has 0 bridgehead atoms. The summed E-state index contributed by atoms with van der Waals surface area (Å²) in [5.41, 5.74) is 0.727. The van der Waals surface area contributed by atoms with Crippen molar-refractivity contribution in [3.8, 4) is 11.8 Å². The minimum absolute atomic E-state index is 0.0196. The van der Waals surface area contributed by atoms with Crippen molar-refractivity contribution >= 4 is 39.9 Å². The Morgan fingerprint density at radius 2 is 2.14 bits per heavy atom. The Morgan fingerprint density at radius 3 is 2.83 bits per heavy atom. The molecular formula is C19H14BrN3O6. The first-order valence-electron chi connectivity index (χ1n) is 8.23. The van der Waals surface area contributed by atoms with Crippen molar-refractivity contribution in [2.75, 3.05) is 13.7 Å². The summed E-state index contributed by atoms with van der Waals surface area (Å²) in [6.07, 6.45) is 1.51. The van der Waals surface area contributed by atoms with E-state index in [1.165, 1.54) is 25.3 Å². The Bertz CT molecular complexity index is 1050. The molecule has 2 aromatic rings. The number of ether oxygens (including phenoxy) is 2. The fourth-order valence-electron chi connectivity index (χ4n) is 2.54. The Morgan fingerprint density at radius 1 is 1.34 bits per heavy atom. The number of nitrogens with zero attached hydrogens (tertiary/aromatic N) is 2. The lowest BCUT2D eigenvalue weighted by Crippen LogP contribution is -2.30. The zero-order chi connectivity index (χ0) is 21.0. The molecule has 0 unspecified atom stereocenters. The van der Waals surface area contributed by atoms with Gasteiger partial charge in [0.2, 0.25) is 5.76 Å². The van der Waals surface area contributed by atoms with Crippen molar-refractivity contribution in [1.29, 1.82) is 5.26 Å². The van der Waals surface area contributed by atoms with Gasteiger partial charge in [0, 0.05) is 0 Å². The normalized spacial score (nSPS) is 14.7. The highest BCUT2D eigenvalue weighted by atomic mass is 79.9. The molecule has 1 aromatic carbocycles. The number of esters is 1. The predicted octanol–water partition coefficient (Wildman–Crippen LogP) is 2.82. The van der Waals surface area contributed by atoms with Crippen LogP contribution in [0.15, 0.2) is 44.9 Å². The number of furan rings is 1. The van der Waals surface area contributed by atoms with E-state index in [9.17, 15) is 14.4 Å². The number of carbonyl (C=O) groups excluding carboxylic acids is 3. The Kier molecular flexibility index (Phi) is 5.99. The molecule has 1 aliphatic rings. The number of urea groups is 1. The van der Waals surface area contributed by atoms with Gasteiger partial charge in [-0.2, -0.15) is 5.26 Å². The molecule has 9 nitrogen and oxygen atoms in total. The number of halogens is 1. The summed E-state index contributed by atoms with van der Waals surface area (Å²) in [6, 6.07) is 9.19. The Hall–Kier alpha value is -3.58. The second kappa shape index (κ2) is 8.62. The molecule has 1 aliphatic heterocycles. The smallest absolute Gasteiger partial charge is 0.373 e. The number of carbonyl (C=O) groups is 3. The van der Waals surface area contributed by atoms with Crippen LogP contribution in [0.5, 0.6) is 5.75 Å². The van der Waals surface area contributed by atoms with Crippen LogP contribution in [0.4, 0.5) is 4.79 Å². The Balaban J connectivity index is 1.74. The second-order valence-electron chi connectivity index (χ2n) is 5.77. The molecule has 0 spiro atoms. The van der Waals surface area contributed by atoms with Gasteiger partial charge in [-0.05, 0) is 51.8 Å². The van der Waals surface area contributed by atoms with Crippen molar-refractivity contribution in [3.63, 3.8) is 0 Å². The van der Waals surface area contributed by atoms with Gasteiger partial charge in [-0.25, -0.2) is 9.59 Å².